The van der Waals surface area contributed by atoms with Gasteiger partial charge in [0.2, 0.25) is 10.0 Å². The van der Waals surface area contributed by atoms with Crippen molar-refractivity contribution in [3.63, 3.8) is 0 Å². The summed E-state index contributed by atoms with van der Waals surface area (Å²) in [6.07, 6.45) is 3.06. The molecule has 1 amide bonds. The minimum atomic E-state index is -4.02. The Kier molecular flexibility index (Phi) is 6.47. The van der Waals surface area contributed by atoms with Crippen LogP contribution in [0.2, 0.25) is 0 Å². The highest BCUT2D eigenvalue weighted by Crippen LogP contribution is 2.63. The minimum Gasteiger partial charge on any atom is -0.452 e. The first kappa shape index (κ1) is 24.6. The Balaban J connectivity index is 1.44. The molecule has 11 heteroatoms. The third-order valence-electron chi connectivity index (χ3n) is 8.03. The van der Waals surface area contributed by atoms with Gasteiger partial charge in [-0.15, -0.1) is 0 Å². The van der Waals surface area contributed by atoms with Crippen LogP contribution >= 0.6 is 0 Å². The number of esters is 1. The van der Waals surface area contributed by atoms with Gasteiger partial charge in [0.1, 0.15) is 0 Å². The number of anilines is 1. The Labute approximate surface area is 199 Å². The van der Waals surface area contributed by atoms with Gasteiger partial charge < -0.3 is 14.4 Å². The number of morpholine rings is 1. The van der Waals surface area contributed by atoms with Crippen molar-refractivity contribution in [3.8, 4) is 0 Å². The fourth-order valence-electron chi connectivity index (χ4n) is 5.40. The average Bonchev–Trinajstić information content (AvgIpc) is 3.14. The van der Waals surface area contributed by atoms with Crippen LogP contribution < -0.4 is 15.5 Å². The molecule has 2 unspecified atom stereocenters. The number of nitrogens with zero attached hydrogens (tertiary/aromatic N) is 2. The van der Waals surface area contributed by atoms with E-state index in [0.29, 0.717) is 37.9 Å². The molecule has 2 aliphatic carbocycles. The number of nitrogens with two attached hydrogens (primary N) is 1. The first-order chi connectivity index (χ1) is 15.9. The number of benzene rings is 1. The molecule has 0 spiro atoms. The summed E-state index contributed by atoms with van der Waals surface area (Å²) in [5.41, 5.74) is 4.10. The number of hydrogen-bond acceptors (Lipinski definition) is 8. The molecule has 2 bridgehead atoms. The first-order valence-electron chi connectivity index (χ1n) is 11.5. The Morgan fingerprint density at radius 3 is 2.56 bits per heavy atom. The quantitative estimate of drug-likeness (QED) is 0.454. The van der Waals surface area contributed by atoms with Gasteiger partial charge in [-0.1, -0.05) is 20.8 Å². The lowest BCUT2D eigenvalue weighted by Crippen LogP contribution is -2.37. The smallest absolute Gasteiger partial charge is 0.340 e. The molecular formula is C23H32N4O6S. The molecule has 3 aliphatic rings. The van der Waals surface area contributed by atoms with Gasteiger partial charge in [-0.05, 0) is 48.8 Å². The molecular weight excluding hydrogens is 460 g/mol. The van der Waals surface area contributed by atoms with Crippen LogP contribution in [-0.4, -0.2) is 58.9 Å². The molecule has 2 atom stereocenters. The lowest BCUT2D eigenvalue weighted by Gasteiger charge is -2.34. The zero-order chi connectivity index (χ0) is 24.7. The number of primary sulfonamides is 1. The van der Waals surface area contributed by atoms with Crippen LogP contribution in [0.15, 0.2) is 28.2 Å². The van der Waals surface area contributed by atoms with E-state index in [9.17, 15) is 18.0 Å². The maximum absolute atomic E-state index is 12.9. The fraction of sp³-hybridized carbons (Fsp3) is 0.609. The van der Waals surface area contributed by atoms with Crippen LogP contribution in [0.4, 0.5) is 5.69 Å². The van der Waals surface area contributed by atoms with Crippen LogP contribution in [0.25, 0.3) is 0 Å². The van der Waals surface area contributed by atoms with Crippen molar-refractivity contribution in [1.82, 2.24) is 5.43 Å². The van der Waals surface area contributed by atoms with Gasteiger partial charge in [0.05, 0.1) is 29.4 Å². The fourth-order valence-corrected chi connectivity index (χ4v) is 5.94. The van der Waals surface area contributed by atoms with Gasteiger partial charge in [-0.2, -0.15) is 5.10 Å². The molecule has 1 saturated heterocycles. The van der Waals surface area contributed by atoms with Crippen LogP contribution in [0.1, 0.15) is 50.4 Å². The van der Waals surface area contributed by atoms with Crippen LogP contribution in [0.5, 0.6) is 0 Å². The monoisotopic (exact) mass is 492 g/mol. The zero-order valence-electron chi connectivity index (χ0n) is 19.8. The maximum Gasteiger partial charge on any atom is 0.340 e. The molecule has 0 aromatic heterocycles. The van der Waals surface area contributed by atoms with E-state index in [1.54, 1.807) is 0 Å². The predicted molar refractivity (Wildman–Crippen MR) is 126 cm³/mol. The van der Waals surface area contributed by atoms with Crippen LogP contribution in [0, 0.1) is 16.7 Å². The van der Waals surface area contributed by atoms with Gasteiger partial charge in [-0.25, -0.2) is 23.8 Å². The van der Waals surface area contributed by atoms with Gasteiger partial charge in [0.15, 0.2) is 6.61 Å². The summed E-state index contributed by atoms with van der Waals surface area (Å²) in [7, 11) is -4.02. The van der Waals surface area contributed by atoms with Crippen molar-refractivity contribution in [2.45, 2.75) is 44.9 Å². The summed E-state index contributed by atoms with van der Waals surface area (Å²) < 4.78 is 34.2. The standard InChI is InChI=1S/C23H32N4O6S/c1-22(2)15-6-7-23(22,3)19(12-15)25-26-20(28)14-33-21(29)17-13-16(34(24,30)31)4-5-18(17)27-8-10-32-11-9-27/h4-5,13,15H,6-12,14H2,1-3H3,(H,26,28)(H2,24,30,31)/b25-19-. The molecule has 3 fully saturated rings. The summed E-state index contributed by atoms with van der Waals surface area (Å²) >= 11 is 0. The number of sulfonamides is 1. The van der Waals surface area contributed by atoms with Crippen molar-refractivity contribution < 1.29 is 27.5 Å². The third kappa shape index (κ3) is 4.44. The largest absolute Gasteiger partial charge is 0.452 e. The third-order valence-corrected chi connectivity index (χ3v) is 8.94. The normalized spacial score (nSPS) is 27.1. The molecule has 1 aromatic rings. The Hall–Kier alpha value is -2.50. The van der Waals surface area contributed by atoms with E-state index in [4.69, 9.17) is 14.6 Å². The Morgan fingerprint density at radius 2 is 1.97 bits per heavy atom. The maximum atomic E-state index is 12.9. The number of nitrogens with one attached hydrogen (secondary N) is 1. The number of hydrogen-bond donors (Lipinski definition) is 2. The summed E-state index contributed by atoms with van der Waals surface area (Å²) in [5, 5.41) is 9.61. The van der Waals surface area contributed by atoms with Gasteiger partial charge in [0.25, 0.3) is 5.91 Å². The van der Waals surface area contributed by atoms with E-state index < -0.39 is 28.5 Å². The van der Waals surface area contributed by atoms with Crippen molar-refractivity contribution >= 4 is 33.3 Å². The summed E-state index contributed by atoms with van der Waals surface area (Å²) in [6.45, 7) is 8.16. The molecule has 1 aliphatic heterocycles. The highest BCUT2D eigenvalue weighted by Gasteiger charge is 2.60. The molecule has 34 heavy (non-hydrogen) atoms. The van der Waals surface area contributed by atoms with Crippen molar-refractivity contribution in [1.29, 1.82) is 0 Å². The highest BCUT2D eigenvalue weighted by molar-refractivity contribution is 7.89. The van der Waals surface area contributed by atoms with E-state index in [1.165, 1.54) is 18.2 Å². The molecule has 186 valence electrons. The molecule has 3 N–H and O–H groups in total. The molecule has 10 nitrogen and oxygen atoms in total. The number of carbonyl (C=O) groups excluding carboxylic acids is 2. The topological polar surface area (TPSA) is 140 Å². The zero-order valence-corrected chi connectivity index (χ0v) is 20.6. The lowest BCUT2D eigenvalue weighted by molar-refractivity contribution is -0.124. The molecule has 2 saturated carbocycles. The molecule has 0 radical (unpaired) electrons. The predicted octanol–water partition coefficient (Wildman–Crippen LogP) is 1.65. The van der Waals surface area contributed by atoms with E-state index in [-0.39, 0.29) is 21.3 Å². The first-order valence-corrected chi connectivity index (χ1v) is 13.0. The molecule has 4 rings (SSSR count). The van der Waals surface area contributed by atoms with Crippen LogP contribution in [-0.2, 0) is 24.3 Å². The number of carbonyl (C=O) groups is 2. The SMILES string of the molecule is CC12CCC(C/C1=N/NC(=O)COC(=O)c1cc(S(N)(=O)=O)ccc1N1CCOCC1)C2(C)C. The lowest BCUT2D eigenvalue weighted by atomic mass is 9.70. The summed E-state index contributed by atoms with van der Waals surface area (Å²) in [5.74, 6) is -0.820. The molecule has 1 heterocycles. The minimum absolute atomic E-state index is 0.0231. The van der Waals surface area contributed by atoms with E-state index in [1.807, 2.05) is 4.90 Å². The summed E-state index contributed by atoms with van der Waals surface area (Å²) in [6, 6.07) is 4.04. The second kappa shape index (κ2) is 8.94. The number of hydrazone groups is 1. The Bertz CT molecular complexity index is 1130. The number of fused-ring (bicyclic) bond motifs is 2. The van der Waals surface area contributed by atoms with Crippen LogP contribution in [0.3, 0.4) is 0 Å². The van der Waals surface area contributed by atoms with Gasteiger partial charge in [-0.3, -0.25) is 4.79 Å². The van der Waals surface area contributed by atoms with Crippen molar-refractivity contribution in [2.24, 2.45) is 27.0 Å². The average molecular weight is 493 g/mol. The van der Waals surface area contributed by atoms with E-state index >= 15 is 0 Å². The Morgan fingerprint density at radius 1 is 1.26 bits per heavy atom. The van der Waals surface area contributed by atoms with Gasteiger partial charge >= 0.3 is 5.97 Å². The van der Waals surface area contributed by atoms with Crippen molar-refractivity contribution in [3.05, 3.63) is 23.8 Å². The number of ether oxygens (including phenoxy) is 2. The number of rotatable bonds is 6. The van der Waals surface area contributed by atoms with Crippen molar-refractivity contribution in [2.75, 3.05) is 37.8 Å². The summed E-state index contributed by atoms with van der Waals surface area (Å²) in [4.78, 5) is 26.9. The molecule has 1 aromatic carbocycles. The second-order valence-electron chi connectivity index (χ2n) is 9.99. The van der Waals surface area contributed by atoms with E-state index in [0.717, 1.165) is 25.0 Å². The second-order valence-corrected chi connectivity index (χ2v) is 11.5. The number of amides is 1. The van der Waals surface area contributed by atoms with E-state index in [2.05, 4.69) is 31.3 Å². The highest BCUT2D eigenvalue weighted by atomic mass is 32.2. The van der Waals surface area contributed by atoms with Gasteiger partial charge in [0, 0.05) is 24.2 Å².